The average molecular weight is 202 g/mol. The van der Waals surface area contributed by atoms with E-state index in [1.54, 1.807) is 0 Å². The molecule has 2 aliphatic carbocycles. The summed E-state index contributed by atoms with van der Waals surface area (Å²) in [6, 6.07) is 0. The van der Waals surface area contributed by atoms with Gasteiger partial charge in [0.1, 0.15) is 0 Å². The van der Waals surface area contributed by atoms with Crippen LogP contribution >= 0.6 is 11.6 Å². The van der Waals surface area contributed by atoms with Crippen LogP contribution in [0.2, 0.25) is 0 Å². The van der Waals surface area contributed by atoms with E-state index in [-0.39, 0.29) is 10.8 Å². The van der Waals surface area contributed by atoms with Gasteiger partial charge in [0.05, 0.1) is 0 Å². The topological polar surface area (TPSA) is 29.4 Å². The first kappa shape index (κ1) is 9.45. The number of hydrogen-bond acceptors (Lipinski definition) is 2. The zero-order valence-corrected chi connectivity index (χ0v) is 9.19. The van der Waals surface area contributed by atoms with Gasteiger partial charge in [-0.05, 0) is 35.8 Å². The van der Waals surface area contributed by atoms with Crippen molar-refractivity contribution in [2.45, 2.75) is 45.0 Å². The number of nitrogens with zero attached hydrogens (tertiary/aromatic N) is 1. The molecule has 0 amide bonds. The third-order valence-electron chi connectivity index (χ3n) is 4.94. The van der Waals surface area contributed by atoms with Gasteiger partial charge in [0, 0.05) is 5.41 Å². The number of rotatable bonds is 1. The smallest absolute Gasteiger partial charge is 0.149 e. The standard InChI is InChI=1S/C10H16ClNO/c1-8(2)7-4-5-9(8,3)10(11,6-7)12-13/h7H,4-6H2,1-3H3/t7-,9-,10+/m1/s1. The maximum absolute atomic E-state index is 10.8. The first-order chi connectivity index (χ1) is 5.87. The quantitative estimate of drug-likeness (QED) is 0.363. The van der Waals surface area contributed by atoms with E-state index >= 15 is 0 Å². The van der Waals surface area contributed by atoms with E-state index in [1.807, 2.05) is 0 Å². The molecule has 2 bridgehead atoms. The second kappa shape index (κ2) is 2.28. The summed E-state index contributed by atoms with van der Waals surface area (Å²) in [4.78, 5) is 10.00. The lowest BCUT2D eigenvalue weighted by Gasteiger charge is -2.40. The van der Waals surface area contributed by atoms with Gasteiger partial charge in [0.15, 0.2) is 5.00 Å². The van der Waals surface area contributed by atoms with Gasteiger partial charge in [0.25, 0.3) is 0 Å². The van der Waals surface area contributed by atoms with Gasteiger partial charge in [-0.25, -0.2) is 0 Å². The predicted molar refractivity (Wildman–Crippen MR) is 53.6 cm³/mol. The fraction of sp³-hybridized carbons (Fsp3) is 1.00. The van der Waals surface area contributed by atoms with Gasteiger partial charge >= 0.3 is 0 Å². The van der Waals surface area contributed by atoms with Crippen LogP contribution in [0.15, 0.2) is 5.18 Å². The maximum atomic E-state index is 10.8. The van der Waals surface area contributed by atoms with Crippen LogP contribution in [0.25, 0.3) is 0 Å². The Kier molecular flexibility index (Phi) is 1.65. The molecule has 3 heteroatoms. The van der Waals surface area contributed by atoms with Crippen LogP contribution in [-0.2, 0) is 0 Å². The van der Waals surface area contributed by atoms with Crippen molar-refractivity contribution in [1.82, 2.24) is 0 Å². The Hall–Kier alpha value is -0.110. The summed E-state index contributed by atoms with van der Waals surface area (Å²) in [6.45, 7) is 6.56. The van der Waals surface area contributed by atoms with E-state index < -0.39 is 5.00 Å². The lowest BCUT2D eigenvalue weighted by molar-refractivity contribution is 0.121. The lowest BCUT2D eigenvalue weighted by atomic mass is 9.69. The highest BCUT2D eigenvalue weighted by Gasteiger charge is 2.69. The normalized spacial score (nSPS) is 52.5. The summed E-state index contributed by atoms with van der Waals surface area (Å²) in [5.74, 6) is 0.577. The first-order valence-electron chi connectivity index (χ1n) is 4.91. The summed E-state index contributed by atoms with van der Waals surface area (Å²) in [6.07, 6.45) is 3.01. The second-order valence-electron chi connectivity index (χ2n) is 5.34. The highest BCUT2D eigenvalue weighted by molar-refractivity contribution is 6.24. The van der Waals surface area contributed by atoms with E-state index in [9.17, 15) is 4.91 Å². The summed E-state index contributed by atoms with van der Waals surface area (Å²) in [5.41, 5.74) is 0.0661. The van der Waals surface area contributed by atoms with Crippen LogP contribution in [0, 0.1) is 21.7 Å². The minimum Gasteiger partial charge on any atom is -0.149 e. The molecule has 0 aliphatic heterocycles. The fourth-order valence-electron chi connectivity index (χ4n) is 3.33. The van der Waals surface area contributed by atoms with Crippen molar-refractivity contribution in [2.24, 2.45) is 21.9 Å². The van der Waals surface area contributed by atoms with Crippen LogP contribution in [0.4, 0.5) is 0 Å². The number of nitroso groups, excluding NO2 is 1. The molecular formula is C10H16ClNO. The summed E-state index contributed by atoms with van der Waals surface area (Å²) in [7, 11) is 0. The molecule has 2 nitrogen and oxygen atoms in total. The molecule has 0 aromatic carbocycles. The van der Waals surface area contributed by atoms with Gasteiger partial charge in [-0.15, -0.1) is 4.91 Å². The van der Waals surface area contributed by atoms with Gasteiger partial charge in [-0.2, -0.15) is 0 Å². The molecule has 0 heterocycles. The minimum atomic E-state index is -0.834. The Morgan fingerprint density at radius 1 is 1.38 bits per heavy atom. The fourth-order valence-corrected chi connectivity index (χ4v) is 3.85. The summed E-state index contributed by atoms with van der Waals surface area (Å²) >= 11 is 6.30. The van der Waals surface area contributed by atoms with Crippen LogP contribution in [0.5, 0.6) is 0 Å². The molecule has 0 aromatic rings. The molecular weight excluding hydrogens is 186 g/mol. The first-order valence-corrected chi connectivity index (χ1v) is 5.29. The summed E-state index contributed by atoms with van der Waals surface area (Å²) < 4.78 is 0. The monoisotopic (exact) mass is 201 g/mol. The number of hydrogen-bond donors (Lipinski definition) is 0. The predicted octanol–water partition coefficient (Wildman–Crippen LogP) is 3.53. The van der Waals surface area contributed by atoms with Gasteiger partial charge in [0.2, 0.25) is 0 Å². The van der Waals surface area contributed by atoms with Crippen LogP contribution < -0.4 is 0 Å². The van der Waals surface area contributed by atoms with E-state index in [1.165, 1.54) is 6.42 Å². The van der Waals surface area contributed by atoms with Crippen LogP contribution in [0.3, 0.4) is 0 Å². The van der Waals surface area contributed by atoms with Crippen molar-refractivity contribution < 1.29 is 0 Å². The van der Waals surface area contributed by atoms with Gasteiger partial charge < -0.3 is 0 Å². The molecule has 0 aromatic heterocycles. The molecule has 13 heavy (non-hydrogen) atoms. The Morgan fingerprint density at radius 2 is 2.00 bits per heavy atom. The van der Waals surface area contributed by atoms with E-state index in [0.717, 1.165) is 12.8 Å². The van der Waals surface area contributed by atoms with E-state index in [4.69, 9.17) is 11.6 Å². The number of alkyl halides is 1. The van der Waals surface area contributed by atoms with Crippen molar-refractivity contribution in [3.63, 3.8) is 0 Å². The average Bonchev–Trinajstić information content (AvgIpc) is 2.36. The second-order valence-corrected chi connectivity index (χ2v) is 5.97. The highest BCUT2D eigenvalue weighted by atomic mass is 35.5. The molecule has 2 fully saturated rings. The Bertz CT molecular complexity index is 266. The van der Waals surface area contributed by atoms with Gasteiger partial charge in [-0.1, -0.05) is 32.4 Å². The molecule has 2 rings (SSSR count). The Balaban J connectivity index is 2.49. The SMILES string of the molecule is CC1(C)[C@@H]2CC[C@@]1(C)[C@@](Cl)(N=O)C2. The van der Waals surface area contributed by atoms with Crippen molar-refractivity contribution >= 4 is 11.6 Å². The third kappa shape index (κ3) is 0.810. The summed E-state index contributed by atoms with van der Waals surface area (Å²) in [5, 5.41) is 3.18. The molecule has 0 saturated heterocycles. The Labute approximate surface area is 84.0 Å². The third-order valence-corrected chi connectivity index (χ3v) is 5.58. The molecule has 2 aliphatic rings. The highest BCUT2D eigenvalue weighted by Crippen LogP contribution is 2.71. The van der Waals surface area contributed by atoms with E-state index in [0.29, 0.717) is 5.92 Å². The molecule has 0 N–H and O–H groups in total. The van der Waals surface area contributed by atoms with Crippen LogP contribution in [-0.4, -0.2) is 5.00 Å². The number of fused-ring (bicyclic) bond motifs is 2. The zero-order chi connectivity index (χ0) is 9.91. The van der Waals surface area contributed by atoms with E-state index in [2.05, 4.69) is 25.9 Å². The molecule has 0 radical (unpaired) electrons. The molecule has 3 atom stereocenters. The van der Waals surface area contributed by atoms with Crippen molar-refractivity contribution in [1.29, 1.82) is 0 Å². The van der Waals surface area contributed by atoms with Crippen LogP contribution in [0.1, 0.15) is 40.0 Å². The number of halogens is 1. The zero-order valence-electron chi connectivity index (χ0n) is 8.43. The molecule has 0 unspecified atom stereocenters. The molecule has 0 spiro atoms. The molecule has 74 valence electrons. The van der Waals surface area contributed by atoms with Crippen molar-refractivity contribution in [3.8, 4) is 0 Å². The Morgan fingerprint density at radius 3 is 2.23 bits per heavy atom. The minimum absolute atomic E-state index is 0.103. The van der Waals surface area contributed by atoms with Crippen molar-refractivity contribution in [3.05, 3.63) is 4.91 Å². The van der Waals surface area contributed by atoms with Gasteiger partial charge in [-0.3, -0.25) is 0 Å². The maximum Gasteiger partial charge on any atom is 0.181 e. The largest absolute Gasteiger partial charge is 0.181 e. The lowest BCUT2D eigenvalue weighted by Crippen LogP contribution is -2.41. The molecule has 2 saturated carbocycles. The van der Waals surface area contributed by atoms with Crippen molar-refractivity contribution in [2.75, 3.05) is 0 Å².